The number of anilines is 1. The van der Waals surface area contributed by atoms with Crippen LogP contribution in [0.5, 0.6) is 5.75 Å². The predicted octanol–water partition coefficient (Wildman–Crippen LogP) is 4.29. The maximum absolute atomic E-state index is 14.7. The number of H-pyrrole nitrogens is 1. The van der Waals surface area contributed by atoms with Crippen LogP contribution in [0.3, 0.4) is 0 Å². The quantitative estimate of drug-likeness (QED) is 0.375. The Labute approximate surface area is 198 Å². The first-order chi connectivity index (χ1) is 16.2. The van der Waals surface area contributed by atoms with E-state index in [9.17, 15) is 14.3 Å². The van der Waals surface area contributed by atoms with Crippen LogP contribution in [0.15, 0.2) is 36.4 Å². The Kier molecular flexibility index (Phi) is 7.21. The van der Waals surface area contributed by atoms with Gasteiger partial charge in [-0.3, -0.25) is 4.79 Å². The minimum Gasteiger partial charge on any atom is -0.491 e. The van der Waals surface area contributed by atoms with Gasteiger partial charge in [0.05, 0.1) is 22.8 Å². The second-order valence-corrected chi connectivity index (χ2v) is 9.45. The Bertz CT molecular complexity index is 1160. The van der Waals surface area contributed by atoms with Crippen molar-refractivity contribution < 1.29 is 23.8 Å². The van der Waals surface area contributed by atoms with Gasteiger partial charge in [-0.2, -0.15) is 0 Å². The molecule has 8 heteroatoms. The van der Waals surface area contributed by atoms with Gasteiger partial charge < -0.3 is 30.2 Å². The number of aromatic nitrogens is 1. The molecule has 0 radical (unpaired) electrons. The second kappa shape index (κ2) is 10.1. The summed E-state index contributed by atoms with van der Waals surface area (Å²) in [5.41, 5.74) is 2.49. The minimum absolute atomic E-state index is 0.0368. The van der Waals surface area contributed by atoms with Crippen molar-refractivity contribution in [3.8, 4) is 5.75 Å². The molecule has 1 saturated heterocycles. The van der Waals surface area contributed by atoms with E-state index in [0.717, 1.165) is 41.6 Å². The molecule has 7 nitrogen and oxygen atoms in total. The summed E-state index contributed by atoms with van der Waals surface area (Å²) in [4.78, 5) is 16.1. The number of hydrogen-bond acceptors (Lipinski definition) is 5. The molecule has 182 valence electrons. The largest absolute Gasteiger partial charge is 0.491 e. The van der Waals surface area contributed by atoms with Crippen LogP contribution in [0.4, 0.5) is 10.1 Å². The van der Waals surface area contributed by atoms with E-state index in [-0.39, 0.29) is 11.7 Å². The highest BCUT2D eigenvalue weighted by Crippen LogP contribution is 2.27. The molecule has 1 aliphatic rings. The van der Waals surface area contributed by atoms with Gasteiger partial charge in [0, 0.05) is 42.5 Å². The fourth-order valence-corrected chi connectivity index (χ4v) is 4.06. The van der Waals surface area contributed by atoms with Crippen LogP contribution in [0.25, 0.3) is 10.9 Å². The number of rotatable bonds is 9. The van der Waals surface area contributed by atoms with Crippen molar-refractivity contribution in [2.45, 2.75) is 51.9 Å². The van der Waals surface area contributed by atoms with Crippen LogP contribution >= 0.6 is 0 Å². The molecular formula is C26H32FN3O4. The van der Waals surface area contributed by atoms with Gasteiger partial charge in [-0.05, 0) is 63.4 Å². The molecule has 2 aromatic carbocycles. The van der Waals surface area contributed by atoms with Crippen LogP contribution in [0.2, 0.25) is 0 Å². The molecule has 0 bridgehead atoms. The lowest BCUT2D eigenvalue weighted by atomic mass is 10.1. The third kappa shape index (κ3) is 5.94. The number of amides is 1. The fraction of sp³-hybridized carbons (Fsp3) is 0.423. The normalized spacial score (nSPS) is 16.2. The fourth-order valence-electron chi connectivity index (χ4n) is 4.06. The number of nitrogens with one attached hydrogen (secondary N) is 3. The van der Waals surface area contributed by atoms with E-state index < -0.39 is 17.3 Å². The van der Waals surface area contributed by atoms with E-state index in [1.165, 1.54) is 12.1 Å². The van der Waals surface area contributed by atoms with Crippen molar-refractivity contribution in [3.63, 3.8) is 0 Å². The molecule has 1 atom stereocenters. The van der Waals surface area contributed by atoms with Gasteiger partial charge in [-0.15, -0.1) is 0 Å². The number of ether oxygens (including phenoxy) is 2. The Hall–Kier alpha value is -2.94. The van der Waals surface area contributed by atoms with E-state index in [1.807, 2.05) is 25.1 Å². The van der Waals surface area contributed by atoms with Crippen molar-refractivity contribution >= 4 is 22.5 Å². The van der Waals surface area contributed by atoms with Gasteiger partial charge in [0.2, 0.25) is 0 Å². The lowest BCUT2D eigenvalue weighted by Gasteiger charge is -2.17. The molecular weight excluding hydrogens is 437 g/mol. The summed E-state index contributed by atoms with van der Waals surface area (Å²) in [5.74, 6) is -0.787. The first-order valence-electron chi connectivity index (χ1n) is 11.6. The first kappa shape index (κ1) is 24.2. The number of carbonyl (C=O) groups is 1. The average molecular weight is 470 g/mol. The van der Waals surface area contributed by atoms with E-state index in [1.54, 1.807) is 19.9 Å². The summed E-state index contributed by atoms with van der Waals surface area (Å²) >= 11 is 0. The van der Waals surface area contributed by atoms with Crippen LogP contribution in [-0.4, -0.2) is 47.5 Å². The van der Waals surface area contributed by atoms with Crippen LogP contribution in [0, 0.1) is 12.7 Å². The zero-order chi connectivity index (χ0) is 24.3. The molecule has 34 heavy (non-hydrogen) atoms. The lowest BCUT2D eigenvalue weighted by Crippen LogP contribution is -2.34. The molecule has 1 fully saturated rings. The maximum Gasteiger partial charge on any atom is 0.258 e. The molecule has 0 aliphatic carbocycles. The average Bonchev–Trinajstić information content (AvgIpc) is 3.43. The van der Waals surface area contributed by atoms with Gasteiger partial charge in [-0.1, -0.05) is 6.07 Å². The molecule has 1 amide bonds. The minimum atomic E-state index is -0.788. The van der Waals surface area contributed by atoms with Gasteiger partial charge in [-0.25, -0.2) is 4.39 Å². The summed E-state index contributed by atoms with van der Waals surface area (Å²) in [6.07, 6.45) is 1.98. The monoisotopic (exact) mass is 469 g/mol. The van der Waals surface area contributed by atoms with E-state index in [2.05, 4.69) is 15.6 Å². The number of benzene rings is 2. The number of aromatic amines is 1. The smallest absolute Gasteiger partial charge is 0.258 e. The van der Waals surface area contributed by atoms with E-state index in [4.69, 9.17) is 9.47 Å². The molecule has 3 aromatic rings. The van der Waals surface area contributed by atoms with Crippen LogP contribution in [-0.2, 0) is 11.3 Å². The summed E-state index contributed by atoms with van der Waals surface area (Å²) in [5, 5.41) is 16.9. The SMILES string of the molecule is Cc1c(NC(=O)c2ccc(OC[C@@H]3CCCO3)cc2F)ccc2cc(CNCC(C)(C)O)[nH]c12. The predicted molar refractivity (Wildman–Crippen MR) is 130 cm³/mol. The maximum atomic E-state index is 14.7. The molecule has 4 N–H and O–H groups in total. The lowest BCUT2D eigenvalue weighted by molar-refractivity contribution is 0.0678. The molecule has 1 aromatic heterocycles. The van der Waals surface area contributed by atoms with Crippen molar-refractivity contribution in [2.75, 3.05) is 25.1 Å². The summed E-state index contributed by atoms with van der Waals surface area (Å²) in [6, 6.07) is 10.0. The Morgan fingerprint density at radius 2 is 2.12 bits per heavy atom. The van der Waals surface area contributed by atoms with E-state index >= 15 is 0 Å². The third-order valence-electron chi connectivity index (χ3n) is 5.88. The number of carbonyl (C=O) groups excluding carboxylic acids is 1. The molecule has 2 heterocycles. The molecule has 0 saturated carbocycles. The van der Waals surface area contributed by atoms with Gasteiger partial charge in [0.1, 0.15) is 18.2 Å². The van der Waals surface area contributed by atoms with Crippen molar-refractivity contribution in [3.05, 3.63) is 59.0 Å². The van der Waals surface area contributed by atoms with Crippen molar-refractivity contribution in [1.29, 1.82) is 0 Å². The highest BCUT2D eigenvalue weighted by Gasteiger charge is 2.18. The zero-order valence-electron chi connectivity index (χ0n) is 19.8. The molecule has 4 rings (SSSR count). The summed E-state index contributed by atoms with van der Waals surface area (Å²) in [7, 11) is 0. The highest BCUT2D eigenvalue weighted by atomic mass is 19.1. The number of aliphatic hydroxyl groups is 1. The van der Waals surface area contributed by atoms with Crippen LogP contribution < -0.4 is 15.4 Å². The number of fused-ring (bicyclic) bond motifs is 1. The number of halogens is 1. The number of aryl methyl sites for hydroxylation is 1. The van der Waals surface area contributed by atoms with E-state index in [0.29, 0.717) is 31.1 Å². The van der Waals surface area contributed by atoms with Crippen LogP contribution in [0.1, 0.15) is 48.3 Å². The summed E-state index contributed by atoms with van der Waals surface area (Å²) in [6.45, 7) is 7.54. The van der Waals surface area contributed by atoms with Gasteiger partial charge in [0.25, 0.3) is 5.91 Å². The Morgan fingerprint density at radius 1 is 1.29 bits per heavy atom. The van der Waals surface area contributed by atoms with Crippen molar-refractivity contribution in [2.24, 2.45) is 0 Å². The third-order valence-corrected chi connectivity index (χ3v) is 5.88. The molecule has 0 spiro atoms. The summed E-state index contributed by atoms with van der Waals surface area (Å²) < 4.78 is 25.8. The standard InChI is InChI=1S/C26H32FN3O4/c1-16-23(9-6-17-11-18(29-24(16)17)13-28-15-26(2,3)32)30-25(31)21-8-7-19(12-22(21)27)34-14-20-5-4-10-33-20/h6-9,11-12,20,28-29,32H,4-5,10,13-15H2,1-3H3,(H,30,31)/t20-/m0/s1. The zero-order valence-corrected chi connectivity index (χ0v) is 19.8. The molecule has 1 aliphatic heterocycles. The Balaban J connectivity index is 1.42. The first-order valence-corrected chi connectivity index (χ1v) is 11.6. The topological polar surface area (TPSA) is 95.6 Å². The Morgan fingerprint density at radius 3 is 2.82 bits per heavy atom. The highest BCUT2D eigenvalue weighted by molar-refractivity contribution is 6.06. The molecule has 0 unspecified atom stereocenters. The van der Waals surface area contributed by atoms with Gasteiger partial charge >= 0.3 is 0 Å². The number of hydrogen-bond donors (Lipinski definition) is 4. The van der Waals surface area contributed by atoms with Gasteiger partial charge in [0.15, 0.2) is 0 Å². The van der Waals surface area contributed by atoms with Crippen molar-refractivity contribution in [1.82, 2.24) is 10.3 Å². The second-order valence-electron chi connectivity index (χ2n) is 9.45.